The number of halogens is 2. The number of nitrogens with two attached hydrogens (primary N) is 2. The van der Waals surface area contributed by atoms with E-state index in [9.17, 15) is 0 Å². The second-order valence-electron chi connectivity index (χ2n) is 4.33. The van der Waals surface area contributed by atoms with Gasteiger partial charge in [-0.1, -0.05) is 23.2 Å². The van der Waals surface area contributed by atoms with Crippen molar-refractivity contribution in [3.63, 3.8) is 0 Å². The first-order chi connectivity index (χ1) is 8.10. The van der Waals surface area contributed by atoms with E-state index < -0.39 is 0 Å². The number of pyridine rings is 1. The molecule has 0 bridgehead atoms. The summed E-state index contributed by atoms with van der Waals surface area (Å²) in [6, 6.07) is 8.07. The van der Waals surface area contributed by atoms with Crippen LogP contribution in [0.25, 0.3) is 10.9 Å². The Labute approximate surface area is 118 Å². The zero-order valence-corrected chi connectivity index (χ0v) is 11.8. The zero-order chi connectivity index (χ0) is 12.4. The molecule has 2 rings (SSSR count). The van der Waals surface area contributed by atoms with E-state index in [1.54, 1.807) is 0 Å². The third kappa shape index (κ3) is 3.33. The molecule has 0 aliphatic carbocycles. The van der Waals surface area contributed by atoms with Crippen LogP contribution in [0.5, 0.6) is 0 Å². The molecule has 18 heavy (non-hydrogen) atoms. The van der Waals surface area contributed by atoms with Gasteiger partial charge in [0.2, 0.25) is 0 Å². The van der Waals surface area contributed by atoms with E-state index in [0.717, 1.165) is 16.5 Å². The summed E-state index contributed by atoms with van der Waals surface area (Å²) in [7, 11) is 0. The average Bonchev–Trinajstić information content (AvgIpc) is 2.30. The number of rotatable bonds is 3. The highest BCUT2D eigenvalue weighted by Crippen LogP contribution is 2.22. The minimum absolute atomic E-state index is 0. The van der Waals surface area contributed by atoms with E-state index in [1.165, 1.54) is 5.56 Å². The zero-order valence-electron chi connectivity index (χ0n) is 10.2. The third-order valence-corrected chi connectivity index (χ3v) is 3.11. The van der Waals surface area contributed by atoms with Gasteiger partial charge < -0.3 is 11.5 Å². The minimum atomic E-state index is -0.0726. The number of hydrogen-bond donors (Lipinski definition) is 2. The number of aryl methyl sites for hydroxylation is 1. The van der Waals surface area contributed by atoms with Crippen LogP contribution in [-0.4, -0.2) is 17.6 Å². The summed E-state index contributed by atoms with van der Waals surface area (Å²) in [5.74, 6) is 0. The Morgan fingerprint density at radius 1 is 1.33 bits per heavy atom. The third-order valence-electron chi connectivity index (χ3n) is 2.78. The van der Waals surface area contributed by atoms with Gasteiger partial charge >= 0.3 is 0 Å². The molecule has 2 aromatic rings. The van der Waals surface area contributed by atoms with Crippen LogP contribution in [0.1, 0.15) is 11.1 Å². The van der Waals surface area contributed by atoms with Crippen LogP contribution in [0.15, 0.2) is 24.3 Å². The van der Waals surface area contributed by atoms with Crippen molar-refractivity contribution in [2.45, 2.75) is 19.4 Å². The number of hydrogen-bond acceptors (Lipinski definition) is 3. The maximum Gasteiger partial charge on any atom is 0.133 e. The second kappa shape index (κ2) is 6.34. The molecule has 98 valence electrons. The van der Waals surface area contributed by atoms with E-state index in [4.69, 9.17) is 23.1 Å². The van der Waals surface area contributed by atoms with Gasteiger partial charge in [0.25, 0.3) is 0 Å². The molecule has 0 aliphatic heterocycles. The lowest BCUT2D eigenvalue weighted by molar-refractivity contribution is 0.678. The van der Waals surface area contributed by atoms with Crippen molar-refractivity contribution in [1.82, 2.24) is 4.98 Å². The summed E-state index contributed by atoms with van der Waals surface area (Å²) >= 11 is 6.14. The Morgan fingerprint density at radius 2 is 2.06 bits per heavy atom. The van der Waals surface area contributed by atoms with Crippen molar-refractivity contribution in [2.24, 2.45) is 11.5 Å². The maximum atomic E-state index is 6.14. The van der Waals surface area contributed by atoms with Gasteiger partial charge in [-0.3, -0.25) is 0 Å². The van der Waals surface area contributed by atoms with Gasteiger partial charge in [-0.15, -0.1) is 12.4 Å². The largest absolute Gasteiger partial charge is 0.329 e. The molecule has 0 spiro atoms. The highest BCUT2D eigenvalue weighted by atomic mass is 35.5. The average molecular weight is 286 g/mol. The van der Waals surface area contributed by atoms with Crippen molar-refractivity contribution in [3.8, 4) is 0 Å². The minimum Gasteiger partial charge on any atom is -0.329 e. The van der Waals surface area contributed by atoms with Crippen LogP contribution in [-0.2, 0) is 6.42 Å². The molecule has 3 nitrogen and oxygen atoms in total. The molecule has 1 atom stereocenters. The Morgan fingerprint density at radius 3 is 2.72 bits per heavy atom. The Balaban J connectivity index is 0.00000162. The standard InChI is InChI=1S/C13H16ClN3.ClH/c1-8-2-3-12-9(4-8)5-10(13(14)17-12)6-11(16)7-15;/h2-5,11H,6-7,15-16H2,1H3;1H. The lowest BCUT2D eigenvalue weighted by Gasteiger charge is -2.11. The molecule has 5 heteroatoms. The van der Waals surface area contributed by atoms with Crippen LogP contribution in [0, 0.1) is 6.92 Å². The molecule has 1 heterocycles. The molecule has 1 aromatic carbocycles. The van der Waals surface area contributed by atoms with Crippen LogP contribution in [0.2, 0.25) is 5.15 Å². The SMILES string of the molecule is Cc1ccc2nc(Cl)c(CC(N)CN)cc2c1.Cl. The normalized spacial score (nSPS) is 12.2. The molecule has 0 saturated heterocycles. The van der Waals surface area contributed by atoms with Gasteiger partial charge in [0, 0.05) is 18.0 Å². The van der Waals surface area contributed by atoms with Crippen molar-refractivity contribution >= 4 is 34.9 Å². The van der Waals surface area contributed by atoms with E-state index in [1.807, 2.05) is 18.2 Å². The lowest BCUT2D eigenvalue weighted by atomic mass is 10.1. The maximum absolute atomic E-state index is 6.14. The summed E-state index contributed by atoms with van der Waals surface area (Å²) in [5, 5.41) is 1.61. The quantitative estimate of drug-likeness (QED) is 0.852. The highest BCUT2D eigenvalue weighted by Gasteiger charge is 2.08. The van der Waals surface area contributed by atoms with Crippen LogP contribution in [0.4, 0.5) is 0 Å². The molecule has 0 fully saturated rings. The Bertz CT molecular complexity index is 543. The van der Waals surface area contributed by atoms with Gasteiger partial charge in [0.15, 0.2) is 0 Å². The highest BCUT2D eigenvalue weighted by molar-refractivity contribution is 6.30. The Kier molecular flexibility index (Phi) is 5.35. The van der Waals surface area contributed by atoms with Crippen molar-refractivity contribution < 1.29 is 0 Å². The predicted molar refractivity (Wildman–Crippen MR) is 79.5 cm³/mol. The van der Waals surface area contributed by atoms with Crippen molar-refractivity contribution in [3.05, 3.63) is 40.5 Å². The van der Waals surface area contributed by atoms with Crippen LogP contribution in [0.3, 0.4) is 0 Å². The van der Waals surface area contributed by atoms with E-state index in [0.29, 0.717) is 18.1 Å². The fourth-order valence-electron chi connectivity index (χ4n) is 1.83. The number of aromatic nitrogens is 1. The molecular weight excluding hydrogens is 269 g/mol. The van der Waals surface area contributed by atoms with E-state index >= 15 is 0 Å². The van der Waals surface area contributed by atoms with Gasteiger partial charge in [-0.05, 0) is 37.1 Å². The second-order valence-corrected chi connectivity index (χ2v) is 4.69. The van der Waals surface area contributed by atoms with Gasteiger partial charge in [-0.25, -0.2) is 4.98 Å². The van der Waals surface area contributed by atoms with Crippen molar-refractivity contribution in [1.29, 1.82) is 0 Å². The van der Waals surface area contributed by atoms with E-state index in [-0.39, 0.29) is 18.4 Å². The van der Waals surface area contributed by atoms with E-state index in [2.05, 4.69) is 18.0 Å². The van der Waals surface area contributed by atoms with Crippen LogP contribution < -0.4 is 11.5 Å². The topological polar surface area (TPSA) is 64.9 Å². The summed E-state index contributed by atoms with van der Waals surface area (Å²) in [5.41, 5.74) is 14.4. The summed E-state index contributed by atoms with van der Waals surface area (Å²) < 4.78 is 0. The summed E-state index contributed by atoms with van der Waals surface area (Å²) in [6.07, 6.45) is 0.659. The smallest absolute Gasteiger partial charge is 0.133 e. The summed E-state index contributed by atoms with van der Waals surface area (Å²) in [4.78, 5) is 4.37. The predicted octanol–water partition coefficient (Wildman–Crippen LogP) is 2.45. The van der Waals surface area contributed by atoms with Gasteiger partial charge in [0.05, 0.1) is 5.52 Å². The molecule has 4 N–H and O–H groups in total. The molecule has 0 radical (unpaired) electrons. The molecular formula is C13H17Cl2N3. The molecule has 1 unspecified atom stereocenters. The lowest BCUT2D eigenvalue weighted by Crippen LogP contribution is -2.31. The first-order valence-electron chi connectivity index (χ1n) is 5.61. The molecule has 1 aromatic heterocycles. The first-order valence-corrected chi connectivity index (χ1v) is 5.99. The monoisotopic (exact) mass is 285 g/mol. The fraction of sp³-hybridized carbons (Fsp3) is 0.308. The van der Waals surface area contributed by atoms with Crippen LogP contribution >= 0.6 is 24.0 Å². The fourth-order valence-corrected chi connectivity index (χ4v) is 2.05. The number of benzene rings is 1. The number of fused-ring (bicyclic) bond motifs is 1. The summed E-state index contributed by atoms with van der Waals surface area (Å²) in [6.45, 7) is 2.50. The molecule has 0 amide bonds. The first kappa shape index (κ1) is 15.2. The van der Waals surface area contributed by atoms with Crippen molar-refractivity contribution in [2.75, 3.05) is 6.54 Å². The molecule has 0 aliphatic rings. The molecule has 0 saturated carbocycles. The Hall–Kier alpha value is -0.870. The van der Waals surface area contributed by atoms with Gasteiger partial charge in [-0.2, -0.15) is 0 Å². The van der Waals surface area contributed by atoms with Gasteiger partial charge in [0.1, 0.15) is 5.15 Å². The number of nitrogens with zero attached hydrogens (tertiary/aromatic N) is 1.